The first-order chi connectivity index (χ1) is 9.22. The summed E-state index contributed by atoms with van der Waals surface area (Å²) in [7, 11) is 1.68. The van der Waals surface area contributed by atoms with Crippen LogP contribution in [0.3, 0.4) is 0 Å². The fourth-order valence-electron chi connectivity index (χ4n) is 2.69. The van der Waals surface area contributed by atoms with Crippen LogP contribution in [0.1, 0.15) is 37.3 Å². The van der Waals surface area contributed by atoms with Crippen LogP contribution in [0.2, 0.25) is 0 Å². The predicted octanol–water partition coefficient (Wildman–Crippen LogP) is 2.90. The lowest BCUT2D eigenvalue weighted by molar-refractivity contribution is 0.254. The van der Waals surface area contributed by atoms with Gasteiger partial charge >= 0.3 is 0 Å². The molecule has 1 saturated heterocycles. The zero-order valence-corrected chi connectivity index (χ0v) is 12.3. The zero-order valence-electron chi connectivity index (χ0n) is 11.5. The zero-order chi connectivity index (χ0) is 13.7. The molecule has 3 nitrogen and oxygen atoms in total. The summed E-state index contributed by atoms with van der Waals surface area (Å²) >= 11 is 5.29. The minimum absolute atomic E-state index is 0.0546. The number of nitrogens with two attached hydrogens (primary N) is 1. The molecule has 0 saturated carbocycles. The van der Waals surface area contributed by atoms with Crippen molar-refractivity contribution in [1.29, 1.82) is 0 Å². The van der Waals surface area contributed by atoms with Crippen LogP contribution >= 0.6 is 12.2 Å². The maximum Gasteiger partial charge on any atom is 0.118 e. The van der Waals surface area contributed by atoms with E-state index in [0.717, 1.165) is 24.4 Å². The first kappa shape index (κ1) is 14.3. The van der Waals surface area contributed by atoms with Gasteiger partial charge in [-0.25, -0.2) is 0 Å². The van der Waals surface area contributed by atoms with Crippen molar-refractivity contribution in [2.45, 2.75) is 31.7 Å². The molecule has 1 aliphatic rings. The summed E-state index contributed by atoms with van der Waals surface area (Å²) in [5, 5.41) is 0. The highest BCUT2D eigenvalue weighted by atomic mass is 32.1. The molecule has 0 spiro atoms. The summed E-state index contributed by atoms with van der Waals surface area (Å²) in [6.07, 6.45) is 5.08. The Bertz CT molecular complexity index is 411. The number of methoxy groups -OCH3 is 1. The highest BCUT2D eigenvalue weighted by Crippen LogP contribution is 2.26. The van der Waals surface area contributed by atoms with Crippen LogP contribution in [0, 0.1) is 0 Å². The van der Waals surface area contributed by atoms with Gasteiger partial charge in [-0.1, -0.05) is 37.2 Å². The van der Waals surface area contributed by atoms with Gasteiger partial charge in [0.15, 0.2) is 0 Å². The average Bonchev–Trinajstić information content (AvgIpc) is 2.68. The van der Waals surface area contributed by atoms with E-state index >= 15 is 0 Å². The number of nitrogens with zero attached hydrogens (tertiary/aromatic N) is 1. The Balaban J connectivity index is 2.20. The Hall–Kier alpha value is -1.13. The van der Waals surface area contributed by atoms with Crippen molar-refractivity contribution in [2.75, 3.05) is 20.2 Å². The topological polar surface area (TPSA) is 38.5 Å². The van der Waals surface area contributed by atoms with Crippen molar-refractivity contribution in [3.8, 4) is 5.75 Å². The quantitative estimate of drug-likeness (QED) is 0.860. The summed E-state index contributed by atoms with van der Waals surface area (Å²) < 4.78 is 5.20. The van der Waals surface area contributed by atoms with Crippen LogP contribution in [-0.2, 0) is 0 Å². The lowest BCUT2D eigenvalue weighted by Gasteiger charge is -2.30. The van der Waals surface area contributed by atoms with Gasteiger partial charge < -0.3 is 10.5 Å². The van der Waals surface area contributed by atoms with E-state index in [0.29, 0.717) is 4.99 Å². The van der Waals surface area contributed by atoms with E-state index in [-0.39, 0.29) is 6.04 Å². The molecular formula is C15H22N2OS. The molecular weight excluding hydrogens is 256 g/mol. The SMILES string of the molecule is COc1ccc(C(C(N)=S)N2CCCCCC2)cc1. The van der Waals surface area contributed by atoms with Crippen LogP contribution in [0.25, 0.3) is 0 Å². The van der Waals surface area contributed by atoms with E-state index < -0.39 is 0 Å². The highest BCUT2D eigenvalue weighted by molar-refractivity contribution is 7.80. The monoisotopic (exact) mass is 278 g/mol. The van der Waals surface area contributed by atoms with Crippen molar-refractivity contribution >= 4 is 17.2 Å². The molecule has 1 aliphatic heterocycles. The van der Waals surface area contributed by atoms with E-state index in [2.05, 4.69) is 17.0 Å². The lowest BCUT2D eigenvalue weighted by atomic mass is 10.0. The molecule has 1 aromatic rings. The first-order valence-corrected chi connectivity index (χ1v) is 7.30. The van der Waals surface area contributed by atoms with Gasteiger partial charge in [-0.05, 0) is 43.6 Å². The number of hydrogen-bond acceptors (Lipinski definition) is 3. The van der Waals surface area contributed by atoms with Gasteiger partial charge in [0.1, 0.15) is 5.75 Å². The predicted molar refractivity (Wildman–Crippen MR) is 82.6 cm³/mol. The molecule has 0 amide bonds. The lowest BCUT2D eigenvalue weighted by Crippen LogP contribution is -2.37. The van der Waals surface area contributed by atoms with Gasteiger partial charge in [-0.15, -0.1) is 0 Å². The fraction of sp³-hybridized carbons (Fsp3) is 0.533. The molecule has 1 aromatic carbocycles. The third-order valence-electron chi connectivity index (χ3n) is 3.71. The summed E-state index contributed by atoms with van der Waals surface area (Å²) in [5.74, 6) is 0.862. The second-order valence-electron chi connectivity index (χ2n) is 5.03. The third-order valence-corrected chi connectivity index (χ3v) is 3.93. The van der Waals surface area contributed by atoms with Gasteiger partial charge in [-0.2, -0.15) is 0 Å². The molecule has 2 rings (SSSR count). The number of likely N-dealkylation sites (tertiary alicyclic amines) is 1. The maximum absolute atomic E-state index is 5.98. The molecule has 4 heteroatoms. The molecule has 1 unspecified atom stereocenters. The first-order valence-electron chi connectivity index (χ1n) is 6.89. The molecule has 2 N–H and O–H groups in total. The van der Waals surface area contributed by atoms with Crippen LogP contribution < -0.4 is 10.5 Å². The Labute approximate surface area is 120 Å². The molecule has 1 fully saturated rings. The third kappa shape index (κ3) is 3.67. The van der Waals surface area contributed by atoms with E-state index in [1.54, 1.807) is 7.11 Å². The van der Waals surface area contributed by atoms with Crippen LogP contribution in [-0.4, -0.2) is 30.1 Å². The summed E-state index contributed by atoms with van der Waals surface area (Å²) in [5.41, 5.74) is 7.14. The molecule has 0 aliphatic carbocycles. The largest absolute Gasteiger partial charge is 0.497 e. The van der Waals surface area contributed by atoms with Crippen LogP contribution in [0.5, 0.6) is 5.75 Å². The van der Waals surface area contributed by atoms with Gasteiger partial charge in [0.2, 0.25) is 0 Å². The minimum atomic E-state index is 0.0546. The molecule has 19 heavy (non-hydrogen) atoms. The number of thiocarbonyl (C=S) groups is 1. The number of ether oxygens (including phenoxy) is 1. The van der Waals surface area contributed by atoms with Crippen LogP contribution in [0.4, 0.5) is 0 Å². The van der Waals surface area contributed by atoms with E-state index in [4.69, 9.17) is 22.7 Å². The van der Waals surface area contributed by atoms with Gasteiger partial charge in [0.25, 0.3) is 0 Å². The molecule has 0 bridgehead atoms. The normalized spacial score (nSPS) is 18.6. The Morgan fingerprint density at radius 2 is 1.74 bits per heavy atom. The highest BCUT2D eigenvalue weighted by Gasteiger charge is 2.23. The summed E-state index contributed by atoms with van der Waals surface area (Å²) in [6.45, 7) is 2.15. The van der Waals surface area contributed by atoms with Gasteiger partial charge in [0.05, 0.1) is 18.1 Å². The Morgan fingerprint density at radius 1 is 1.16 bits per heavy atom. The van der Waals surface area contributed by atoms with Crippen LogP contribution in [0.15, 0.2) is 24.3 Å². The average molecular weight is 278 g/mol. The van der Waals surface area contributed by atoms with Gasteiger partial charge in [0, 0.05) is 0 Å². The molecule has 1 atom stereocenters. The number of benzene rings is 1. The van der Waals surface area contributed by atoms with E-state index in [1.165, 1.54) is 25.7 Å². The fourth-order valence-corrected chi connectivity index (χ4v) is 2.98. The second-order valence-corrected chi connectivity index (χ2v) is 5.50. The second kappa shape index (κ2) is 6.87. The molecule has 104 valence electrons. The van der Waals surface area contributed by atoms with Crippen molar-refractivity contribution in [1.82, 2.24) is 4.90 Å². The Kier molecular flexibility index (Phi) is 5.16. The van der Waals surface area contributed by atoms with E-state index in [1.807, 2.05) is 12.1 Å². The Morgan fingerprint density at radius 3 is 2.21 bits per heavy atom. The summed E-state index contributed by atoms with van der Waals surface area (Å²) in [6, 6.07) is 8.12. The smallest absolute Gasteiger partial charge is 0.118 e. The van der Waals surface area contributed by atoms with Crippen molar-refractivity contribution in [2.24, 2.45) is 5.73 Å². The molecule has 0 aromatic heterocycles. The number of hydrogen-bond donors (Lipinski definition) is 1. The van der Waals surface area contributed by atoms with Crippen molar-refractivity contribution < 1.29 is 4.74 Å². The molecule has 1 heterocycles. The van der Waals surface area contributed by atoms with Crippen molar-refractivity contribution in [3.05, 3.63) is 29.8 Å². The maximum atomic E-state index is 5.98. The van der Waals surface area contributed by atoms with E-state index in [9.17, 15) is 0 Å². The minimum Gasteiger partial charge on any atom is -0.497 e. The van der Waals surface area contributed by atoms with Crippen molar-refractivity contribution in [3.63, 3.8) is 0 Å². The summed E-state index contributed by atoms with van der Waals surface area (Å²) in [4.78, 5) is 2.98. The number of rotatable bonds is 4. The standard InChI is InChI=1S/C15H22N2OS/c1-18-13-8-6-12(7-9-13)14(15(16)19)17-10-4-2-3-5-11-17/h6-9,14H,2-5,10-11H2,1H3,(H2,16,19). The van der Waals surface area contributed by atoms with Gasteiger partial charge in [-0.3, -0.25) is 4.90 Å². The molecule has 0 radical (unpaired) electrons.